The Balaban J connectivity index is 2.45. The Kier molecular flexibility index (Phi) is 5.06. The van der Waals surface area contributed by atoms with Gasteiger partial charge in [-0.05, 0) is 0 Å². The molecule has 0 spiro atoms. The molecule has 1 heterocycles. The van der Waals surface area contributed by atoms with Gasteiger partial charge in [0.2, 0.25) is 0 Å². The molecule has 0 bridgehead atoms. The normalized spacial score (nSPS) is 26.4. The van der Waals surface area contributed by atoms with Gasteiger partial charge in [-0.3, -0.25) is 4.90 Å². The molecule has 0 unspecified atom stereocenters. The van der Waals surface area contributed by atoms with E-state index in [0.29, 0.717) is 24.8 Å². The van der Waals surface area contributed by atoms with Crippen LogP contribution >= 0.6 is 23.2 Å². The van der Waals surface area contributed by atoms with Crippen LogP contribution in [0.5, 0.6) is 0 Å². The molecule has 0 amide bonds. The maximum Gasteiger partial charge on any atom is 0.0645 e. The molecule has 0 aliphatic carbocycles. The van der Waals surface area contributed by atoms with Crippen LogP contribution < -0.4 is 0 Å². The minimum absolute atomic E-state index is 0.0408. The van der Waals surface area contributed by atoms with Crippen molar-refractivity contribution in [3.63, 3.8) is 0 Å². The van der Waals surface area contributed by atoms with Gasteiger partial charge in [-0.2, -0.15) is 0 Å². The van der Waals surface area contributed by atoms with Gasteiger partial charge in [-0.25, -0.2) is 0 Å². The topological polar surface area (TPSA) is 32.7 Å². The summed E-state index contributed by atoms with van der Waals surface area (Å²) >= 11 is 11.2. The predicted molar refractivity (Wildman–Crippen MR) is 53.1 cm³/mol. The van der Waals surface area contributed by atoms with E-state index in [-0.39, 0.29) is 12.6 Å². The van der Waals surface area contributed by atoms with E-state index in [1.807, 2.05) is 0 Å². The summed E-state index contributed by atoms with van der Waals surface area (Å²) in [5.74, 6) is 0. The third-order valence-electron chi connectivity index (χ3n) is 2.03. The molecule has 0 radical (unpaired) electrons. The third-order valence-corrected chi connectivity index (χ3v) is 2.64. The second kappa shape index (κ2) is 5.83. The first-order valence-corrected chi connectivity index (χ1v) is 4.96. The predicted octanol–water partition coefficient (Wildman–Crippen LogP) is 0.998. The number of rotatable bonds is 3. The Labute approximate surface area is 87.9 Å². The van der Waals surface area contributed by atoms with Gasteiger partial charge in [0.05, 0.1) is 25.9 Å². The van der Waals surface area contributed by atoms with Gasteiger partial charge in [-0.15, -0.1) is 0 Å². The molecule has 1 aliphatic rings. The Morgan fingerprint density at radius 3 is 3.08 bits per heavy atom. The van der Waals surface area contributed by atoms with E-state index in [2.05, 4.69) is 4.90 Å². The summed E-state index contributed by atoms with van der Waals surface area (Å²) in [6, 6.07) is 0.0408. The standard InChI is InChI=1S/C8H13Cl2NO2/c9-3-7(10)4-11-1-2-13-6-8(11)5-12/h3,8,12H,1-2,4-6H2/b7-3-/t8-/m1/s1. The van der Waals surface area contributed by atoms with Crippen LogP contribution in [0.15, 0.2) is 10.6 Å². The molecular weight excluding hydrogens is 213 g/mol. The average molecular weight is 226 g/mol. The Bertz CT molecular complexity index is 187. The summed E-state index contributed by atoms with van der Waals surface area (Å²) in [6.07, 6.45) is 0. The highest BCUT2D eigenvalue weighted by atomic mass is 35.5. The van der Waals surface area contributed by atoms with Crippen molar-refractivity contribution in [3.8, 4) is 0 Å². The van der Waals surface area contributed by atoms with E-state index < -0.39 is 0 Å². The van der Waals surface area contributed by atoms with Crippen LogP contribution in [-0.4, -0.2) is 49.0 Å². The van der Waals surface area contributed by atoms with Crippen LogP contribution in [0.3, 0.4) is 0 Å². The molecule has 3 nitrogen and oxygen atoms in total. The lowest BCUT2D eigenvalue weighted by Crippen LogP contribution is -2.47. The lowest BCUT2D eigenvalue weighted by molar-refractivity contribution is -0.0223. The van der Waals surface area contributed by atoms with Crippen molar-refractivity contribution in [1.29, 1.82) is 0 Å². The first-order valence-electron chi connectivity index (χ1n) is 4.15. The van der Waals surface area contributed by atoms with Gasteiger partial charge in [-0.1, -0.05) is 23.2 Å². The van der Waals surface area contributed by atoms with Gasteiger partial charge < -0.3 is 9.84 Å². The number of ether oxygens (including phenoxy) is 1. The van der Waals surface area contributed by atoms with E-state index in [1.54, 1.807) is 0 Å². The summed E-state index contributed by atoms with van der Waals surface area (Å²) < 4.78 is 5.22. The van der Waals surface area contributed by atoms with E-state index >= 15 is 0 Å². The maximum atomic E-state index is 9.03. The van der Waals surface area contributed by atoms with Crippen molar-refractivity contribution in [2.75, 3.05) is 32.9 Å². The summed E-state index contributed by atoms with van der Waals surface area (Å²) in [7, 11) is 0. The van der Waals surface area contributed by atoms with E-state index in [1.165, 1.54) is 5.54 Å². The van der Waals surface area contributed by atoms with Crippen molar-refractivity contribution in [1.82, 2.24) is 4.90 Å². The summed E-state index contributed by atoms with van der Waals surface area (Å²) in [5, 5.41) is 9.62. The number of halogens is 2. The molecule has 1 N–H and O–H groups in total. The van der Waals surface area contributed by atoms with Gasteiger partial charge in [0, 0.05) is 23.7 Å². The van der Waals surface area contributed by atoms with E-state index in [9.17, 15) is 0 Å². The third kappa shape index (κ3) is 3.44. The number of hydrogen-bond donors (Lipinski definition) is 1. The Hall–Kier alpha value is 0.200. The fourth-order valence-electron chi connectivity index (χ4n) is 1.29. The van der Waals surface area contributed by atoms with Crippen molar-refractivity contribution < 1.29 is 9.84 Å². The molecule has 0 aromatic carbocycles. The highest BCUT2D eigenvalue weighted by Gasteiger charge is 2.22. The number of hydrogen-bond acceptors (Lipinski definition) is 3. The fraction of sp³-hybridized carbons (Fsp3) is 0.750. The zero-order valence-electron chi connectivity index (χ0n) is 7.25. The number of nitrogens with zero attached hydrogens (tertiary/aromatic N) is 1. The van der Waals surface area contributed by atoms with Crippen LogP contribution in [0.2, 0.25) is 0 Å². The molecule has 76 valence electrons. The van der Waals surface area contributed by atoms with E-state index in [4.69, 9.17) is 33.0 Å². The lowest BCUT2D eigenvalue weighted by atomic mass is 10.2. The molecule has 13 heavy (non-hydrogen) atoms. The minimum atomic E-state index is 0.0408. The molecular formula is C8H13Cl2NO2. The van der Waals surface area contributed by atoms with Crippen molar-refractivity contribution >= 4 is 23.2 Å². The summed E-state index contributed by atoms with van der Waals surface area (Å²) in [5.41, 5.74) is 1.35. The highest BCUT2D eigenvalue weighted by molar-refractivity contribution is 6.36. The van der Waals surface area contributed by atoms with Gasteiger partial charge >= 0.3 is 0 Å². The molecule has 1 saturated heterocycles. The van der Waals surface area contributed by atoms with Crippen molar-refractivity contribution in [2.45, 2.75) is 6.04 Å². The smallest absolute Gasteiger partial charge is 0.0645 e. The fourth-order valence-corrected chi connectivity index (χ4v) is 1.52. The SMILES string of the molecule is OC[C@@H]1COCCN1C/C(Cl)=C/Cl. The monoisotopic (exact) mass is 225 g/mol. The quantitative estimate of drug-likeness (QED) is 0.779. The van der Waals surface area contributed by atoms with Crippen LogP contribution in [0.4, 0.5) is 0 Å². The van der Waals surface area contributed by atoms with Gasteiger partial charge in [0.15, 0.2) is 0 Å². The van der Waals surface area contributed by atoms with Crippen molar-refractivity contribution in [3.05, 3.63) is 10.6 Å². The zero-order valence-corrected chi connectivity index (χ0v) is 8.76. The molecule has 0 aromatic rings. The van der Waals surface area contributed by atoms with Crippen LogP contribution in [0.25, 0.3) is 0 Å². The lowest BCUT2D eigenvalue weighted by Gasteiger charge is -2.33. The zero-order chi connectivity index (χ0) is 9.68. The average Bonchev–Trinajstić information content (AvgIpc) is 2.18. The highest BCUT2D eigenvalue weighted by Crippen LogP contribution is 2.12. The largest absolute Gasteiger partial charge is 0.395 e. The Morgan fingerprint density at radius 1 is 1.69 bits per heavy atom. The summed E-state index contributed by atoms with van der Waals surface area (Å²) in [6.45, 7) is 2.70. The molecule has 1 fully saturated rings. The molecule has 5 heteroatoms. The van der Waals surface area contributed by atoms with Crippen LogP contribution in [0, 0.1) is 0 Å². The van der Waals surface area contributed by atoms with Gasteiger partial charge in [0.1, 0.15) is 0 Å². The van der Waals surface area contributed by atoms with E-state index in [0.717, 1.165) is 6.54 Å². The summed E-state index contributed by atoms with van der Waals surface area (Å²) in [4.78, 5) is 2.06. The maximum absolute atomic E-state index is 9.03. The molecule has 1 atom stereocenters. The molecule has 0 saturated carbocycles. The minimum Gasteiger partial charge on any atom is -0.395 e. The second-order valence-corrected chi connectivity index (χ2v) is 3.64. The number of aliphatic hydroxyl groups excluding tert-OH is 1. The molecule has 0 aromatic heterocycles. The number of morpholine rings is 1. The Morgan fingerprint density at radius 2 is 2.46 bits per heavy atom. The van der Waals surface area contributed by atoms with Crippen molar-refractivity contribution in [2.24, 2.45) is 0 Å². The first-order chi connectivity index (χ1) is 6.27. The molecule has 1 rings (SSSR count). The van der Waals surface area contributed by atoms with Crippen LogP contribution in [0.1, 0.15) is 0 Å². The number of aliphatic hydroxyl groups is 1. The van der Waals surface area contributed by atoms with Crippen LogP contribution in [-0.2, 0) is 4.74 Å². The second-order valence-electron chi connectivity index (χ2n) is 2.94. The molecule has 1 aliphatic heterocycles. The first kappa shape index (κ1) is 11.3. The van der Waals surface area contributed by atoms with Gasteiger partial charge in [0.25, 0.3) is 0 Å².